The van der Waals surface area contributed by atoms with Gasteiger partial charge in [0.05, 0.1) is 6.04 Å². The lowest BCUT2D eigenvalue weighted by Crippen LogP contribution is -2.29. The molecule has 0 aromatic carbocycles. The summed E-state index contributed by atoms with van der Waals surface area (Å²) in [4.78, 5) is 10.6. The van der Waals surface area contributed by atoms with Crippen molar-refractivity contribution in [3.8, 4) is 11.8 Å². The van der Waals surface area contributed by atoms with Gasteiger partial charge in [0.15, 0.2) is 0 Å². The first-order chi connectivity index (χ1) is 6.72. The summed E-state index contributed by atoms with van der Waals surface area (Å²) in [6, 6.07) is -0.103. The largest absolute Gasteiger partial charge is 0.447 e. The Hall–Kier alpha value is -1.21. The molecule has 4 nitrogen and oxygen atoms in total. The van der Waals surface area contributed by atoms with E-state index < -0.39 is 12.2 Å². The van der Waals surface area contributed by atoms with Crippen molar-refractivity contribution >= 4 is 6.09 Å². The average molecular weight is 197 g/mol. The summed E-state index contributed by atoms with van der Waals surface area (Å²) in [7, 11) is 0. The summed E-state index contributed by atoms with van der Waals surface area (Å²) < 4.78 is 4.68. The van der Waals surface area contributed by atoms with Crippen LogP contribution < -0.4 is 5.32 Å². The van der Waals surface area contributed by atoms with Gasteiger partial charge in [0.25, 0.3) is 0 Å². The molecule has 1 amide bonds. The van der Waals surface area contributed by atoms with Gasteiger partial charge in [-0.15, -0.1) is 5.92 Å². The Kier molecular flexibility index (Phi) is 4.27. The van der Waals surface area contributed by atoms with Gasteiger partial charge in [-0.25, -0.2) is 4.79 Å². The van der Waals surface area contributed by atoms with Crippen molar-refractivity contribution in [2.45, 2.75) is 38.3 Å². The molecule has 1 aliphatic rings. The third kappa shape index (κ3) is 3.67. The molecular formula is C10H15NO3. The van der Waals surface area contributed by atoms with E-state index in [0.717, 1.165) is 12.8 Å². The molecule has 78 valence electrons. The summed E-state index contributed by atoms with van der Waals surface area (Å²) in [5.74, 6) is 5.59. The molecule has 2 N–H and O–H groups in total. The summed E-state index contributed by atoms with van der Waals surface area (Å²) in [6.07, 6.45) is 1.13. The van der Waals surface area contributed by atoms with Crippen LogP contribution in [0.1, 0.15) is 26.2 Å². The number of nitrogens with one attached hydrogen (secondary N) is 1. The number of hydrogen-bond donors (Lipinski definition) is 2. The van der Waals surface area contributed by atoms with Gasteiger partial charge in [-0.05, 0) is 6.42 Å². The quantitative estimate of drug-likeness (QED) is 0.653. The van der Waals surface area contributed by atoms with Crippen molar-refractivity contribution < 1.29 is 14.6 Å². The molecule has 4 heteroatoms. The lowest BCUT2D eigenvalue weighted by molar-refractivity contribution is 0.172. The fourth-order valence-electron chi connectivity index (χ4n) is 1.20. The number of aliphatic hydroxyl groups excluding tert-OH is 1. The molecule has 0 aromatic heterocycles. The highest BCUT2D eigenvalue weighted by atomic mass is 16.6. The predicted octanol–water partition coefficient (Wildman–Crippen LogP) is 0.649. The normalized spacial score (nSPS) is 21.9. The van der Waals surface area contributed by atoms with Gasteiger partial charge >= 0.3 is 6.09 Å². The SMILES string of the molecule is CCCC#CC(O)C[C@@H]1COC(=O)N1. The first-order valence-corrected chi connectivity index (χ1v) is 4.82. The lowest BCUT2D eigenvalue weighted by atomic mass is 10.1. The van der Waals surface area contributed by atoms with Crippen molar-refractivity contribution in [2.24, 2.45) is 0 Å². The number of hydrogen-bond acceptors (Lipinski definition) is 3. The summed E-state index contributed by atoms with van der Waals surface area (Å²) in [6.45, 7) is 2.36. The van der Waals surface area contributed by atoms with Gasteiger partial charge in [0, 0.05) is 12.8 Å². The molecular weight excluding hydrogens is 182 g/mol. The zero-order valence-corrected chi connectivity index (χ0v) is 8.25. The van der Waals surface area contributed by atoms with Crippen molar-refractivity contribution in [3.05, 3.63) is 0 Å². The third-order valence-corrected chi connectivity index (χ3v) is 1.89. The van der Waals surface area contributed by atoms with Crippen LogP contribution in [0.15, 0.2) is 0 Å². The van der Waals surface area contributed by atoms with Gasteiger partial charge in [0.2, 0.25) is 0 Å². The van der Waals surface area contributed by atoms with E-state index in [2.05, 4.69) is 21.9 Å². The maximum Gasteiger partial charge on any atom is 0.407 e. The first kappa shape index (κ1) is 10.9. The van der Waals surface area contributed by atoms with Crippen molar-refractivity contribution in [1.29, 1.82) is 0 Å². The molecule has 0 saturated carbocycles. The molecule has 14 heavy (non-hydrogen) atoms. The Morgan fingerprint density at radius 3 is 3.14 bits per heavy atom. The Balaban J connectivity index is 2.24. The van der Waals surface area contributed by atoms with Crippen LogP contribution in [0.4, 0.5) is 4.79 Å². The second kappa shape index (κ2) is 5.51. The van der Waals surface area contributed by atoms with E-state index in [1.54, 1.807) is 0 Å². The predicted molar refractivity (Wildman–Crippen MR) is 51.6 cm³/mol. The van der Waals surface area contributed by atoms with Crippen LogP contribution in [-0.4, -0.2) is 30.0 Å². The Morgan fingerprint density at radius 2 is 2.57 bits per heavy atom. The molecule has 0 bridgehead atoms. The Bertz CT molecular complexity index is 254. The second-order valence-electron chi connectivity index (χ2n) is 3.26. The van der Waals surface area contributed by atoms with Crippen molar-refractivity contribution in [3.63, 3.8) is 0 Å². The minimum Gasteiger partial charge on any atom is -0.447 e. The molecule has 1 heterocycles. The van der Waals surface area contributed by atoms with Crippen LogP contribution in [0.5, 0.6) is 0 Å². The second-order valence-corrected chi connectivity index (χ2v) is 3.26. The molecule has 0 spiro atoms. The molecule has 0 radical (unpaired) electrons. The number of rotatable bonds is 3. The Morgan fingerprint density at radius 1 is 1.79 bits per heavy atom. The zero-order valence-electron chi connectivity index (χ0n) is 8.25. The van der Waals surface area contributed by atoms with Gasteiger partial charge in [0.1, 0.15) is 12.7 Å². The molecule has 1 unspecified atom stereocenters. The lowest BCUT2D eigenvalue weighted by Gasteiger charge is -2.07. The van der Waals surface area contributed by atoms with E-state index in [4.69, 9.17) is 0 Å². The van der Waals surface area contributed by atoms with Crippen LogP contribution in [0.2, 0.25) is 0 Å². The Labute approximate surface area is 83.6 Å². The van der Waals surface area contributed by atoms with Crippen molar-refractivity contribution in [2.75, 3.05) is 6.61 Å². The fourth-order valence-corrected chi connectivity index (χ4v) is 1.20. The van der Waals surface area contributed by atoms with E-state index in [0.29, 0.717) is 13.0 Å². The highest BCUT2D eigenvalue weighted by Crippen LogP contribution is 2.04. The highest BCUT2D eigenvalue weighted by Gasteiger charge is 2.23. The fraction of sp³-hybridized carbons (Fsp3) is 0.700. The van der Waals surface area contributed by atoms with Crippen LogP contribution >= 0.6 is 0 Å². The maximum absolute atomic E-state index is 10.6. The molecule has 1 saturated heterocycles. The van der Waals surface area contributed by atoms with Gasteiger partial charge in [-0.1, -0.05) is 12.8 Å². The highest BCUT2D eigenvalue weighted by molar-refractivity contribution is 5.69. The minimum atomic E-state index is -0.673. The molecule has 1 aliphatic heterocycles. The molecule has 0 aliphatic carbocycles. The molecule has 1 rings (SSSR count). The number of ether oxygens (including phenoxy) is 1. The van der Waals surface area contributed by atoms with Gasteiger partial charge in [-0.3, -0.25) is 0 Å². The van der Waals surface area contributed by atoms with Crippen molar-refractivity contribution in [1.82, 2.24) is 5.32 Å². The van der Waals surface area contributed by atoms with Gasteiger partial charge in [-0.2, -0.15) is 0 Å². The standard InChI is InChI=1S/C10H15NO3/c1-2-3-4-5-9(12)6-8-7-14-10(13)11-8/h8-9,12H,2-3,6-7H2,1H3,(H,11,13)/t8-,9?/m1/s1. The van der Waals surface area contributed by atoms with E-state index in [1.807, 2.05) is 6.92 Å². The average Bonchev–Trinajstić information content (AvgIpc) is 2.52. The van der Waals surface area contributed by atoms with Crippen LogP contribution in [-0.2, 0) is 4.74 Å². The van der Waals surface area contributed by atoms with E-state index in [1.165, 1.54) is 0 Å². The number of alkyl carbamates (subject to hydrolysis) is 1. The van der Waals surface area contributed by atoms with Crippen LogP contribution in [0, 0.1) is 11.8 Å². The maximum atomic E-state index is 10.6. The number of carbonyl (C=O) groups excluding carboxylic acids is 1. The van der Waals surface area contributed by atoms with E-state index in [9.17, 15) is 9.90 Å². The number of amides is 1. The summed E-state index contributed by atoms with van der Waals surface area (Å²) >= 11 is 0. The smallest absolute Gasteiger partial charge is 0.407 e. The van der Waals surface area contributed by atoms with Crippen LogP contribution in [0.25, 0.3) is 0 Å². The number of unbranched alkanes of at least 4 members (excludes halogenated alkanes) is 1. The zero-order chi connectivity index (χ0) is 10.4. The minimum absolute atomic E-state index is 0.103. The monoisotopic (exact) mass is 197 g/mol. The molecule has 2 atom stereocenters. The van der Waals surface area contributed by atoms with Crippen LogP contribution in [0.3, 0.4) is 0 Å². The number of carbonyl (C=O) groups is 1. The third-order valence-electron chi connectivity index (χ3n) is 1.89. The summed E-state index contributed by atoms with van der Waals surface area (Å²) in [5, 5.41) is 12.0. The molecule has 1 fully saturated rings. The molecule has 0 aromatic rings. The van der Waals surface area contributed by atoms with E-state index >= 15 is 0 Å². The first-order valence-electron chi connectivity index (χ1n) is 4.82. The van der Waals surface area contributed by atoms with Gasteiger partial charge < -0.3 is 15.2 Å². The van der Waals surface area contributed by atoms with E-state index in [-0.39, 0.29) is 6.04 Å². The summed E-state index contributed by atoms with van der Waals surface area (Å²) in [5.41, 5.74) is 0. The number of cyclic esters (lactones) is 1. The number of aliphatic hydroxyl groups is 1. The topological polar surface area (TPSA) is 58.6 Å².